The molecule has 0 aromatic carbocycles. The van der Waals surface area contributed by atoms with Gasteiger partial charge in [0.2, 0.25) is 0 Å². The Morgan fingerprint density at radius 1 is 1.26 bits per heavy atom. The summed E-state index contributed by atoms with van der Waals surface area (Å²) < 4.78 is 23.5. The van der Waals surface area contributed by atoms with E-state index in [9.17, 15) is 18.0 Å². The van der Waals surface area contributed by atoms with Gasteiger partial charge in [0.25, 0.3) is 11.8 Å². The van der Waals surface area contributed by atoms with Crippen LogP contribution < -0.4 is 0 Å². The van der Waals surface area contributed by atoms with E-state index in [4.69, 9.17) is 0 Å². The maximum absolute atomic E-state index is 12.9. The van der Waals surface area contributed by atoms with Crippen molar-refractivity contribution in [3.63, 3.8) is 0 Å². The summed E-state index contributed by atoms with van der Waals surface area (Å²) in [4.78, 5) is 33.2. The maximum Gasteiger partial charge on any atom is 0.272 e. The molecule has 2 saturated heterocycles. The third-order valence-corrected chi connectivity index (χ3v) is 7.30. The lowest BCUT2D eigenvalue weighted by atomic mass is 9.99. The van der Waals surface area contributed by atoms with Crippen molar-refractivity contribution < 1.29 is 18.0 Å². The van der Waals surface area contributed by atoms with Gasteiger partial charge < -0.3 is 9.80 Å². The Morgan fingerprint density at radius 2 is 1.96 bits per heavy atom. The van der Waals surface area contributed by atoms with Crippen LogP contribution in [0.15, 0.2) is 18.3 Å². The summed E-state index contributed by atoms with van der Waals surface area (Å²) in [7, 11) is -3.07. The molecule has 2 amide bonds. The fourth-order valence-electron chi connectivity index (χ4n) is 3.81. The number of piperidine rings is 1. The molecule has 0 radical (unpaired) electrons. The molecule has 1 atom stereocenters. The highest BCUT2D eigenvalue weighted by Crippen LogP contribution is 2.21. The second-order valence-corrected chi connectivity index (χ2v) is 9.78. The third-order valence-electron chi connectivity index (χ3n) is 5.55. The summed E-state index contributed by atoms with van der Waals surface area (Å²) in [5.74, 6) is 0.353. The molecule has 3 rings (SSSR count). The van der Waals surface area contributed by atoms with Gasteiger partial charge in [-0.05, 0) is 44.2 Å². The molecule has 27 heavy (non-hydrogen) atoms. The van der Waals surface area contributed by atoms with E-state index in [1.54, 1.807) is 15.9 Å². The van der Waals surface area contributed by atoms with Gasteiger partial charge in [0, 0.05) is 37.4 Å². The molecule has 3 heterocycles. The first-order valence-corrected chi connectivity index (χ1v) is 11.4. The van der Waals surface area contributed by atoms with Gasteiger partial charge >= 0.3 is 0 Å². The second-order valence-electron chi connectivity index (χ2n) is 7.55. The average molecular weight is 394 g/mol. The van der Waals surface area contributed by atoms with E-state index in [0.29, 0.717) is 37.5 Å². The highest BCUT2D eigenvalue weighted by atomic mass is 32.2. The number of sulfone groups is 1. The monoisotopic (exact) mass is 393 g/mol. The Labute approximate surface area is 160 Å². The molecule has 1 unspecified atom stereocenters. The van der Waals surface area contributed by atoms with Crippen molar-refractivity contribution in [2.75, 3.05) is 31.1 Å². The Balaban J connectivity index is 1.76. The Morgan fingerprint density at radius 3 is 2.56 bits per heavy atom. The van der Waals surface area contributed by atoms with Crippen LogP contribution in [0, 0.1) is 5.92 Å². The predicted octanol–water partition coefficient (Wildman–Crippen LogP) is 1.60. The van der Waals surface area contributed by atoms with E-state index in [1.165, 1.54) is 12.3 Å². The van der Waals surface area contributed by atoms with Crippen LogP contribution in [0.5, 0.6) is 0 Å². The van der Waals surface area contributed by atoms with Gasteiger partial charge in [-0.2, -0.15) is 0 Å². The molecule has 2 fully saturated rings. The van der Waals surface area contributed by atoms with Crippen LogP contribution in [0.1, 0.15) is 54.0 Å². The maximum atomic E-state index is 12.9. The van der Waals surface area contributed by atoms with E-state index in [0.717, 1.165) is 12.8 Å². The third kappa shape index (κ3) is 4.48. The minimum absolute atomic E-state index is 0.00934. The van der Waals surface area contributed by atoms with Crippen molar-refractivity contribution in [1.82, 2.24) is 14.8 Å². The van der Waals surface area contributed by atoms with Crippen LogP contribution in [0.25, 0.3) is 0 Å². The SMILES string of the molecule is CCN(C(=O)c1ccnc(C(=O)N2CCC(C)CC2)c1)C1CCS(=O)(=O)C1. The Bertz CT molecular complexity index is 816. The van der Waals surface area contributed by atoms with Crippen molar-refractivity contribution in [3.05, 3.63) is 29.6 Å². The molecule has 1 aromatic rings. The fraction of sp³-hybridized carbons (Fsp3) is 0.632. The zero-order valence-electron chi connectivity index (χ0n) is 15.9. The first kappa shape index (κ1) is 19.8. The average Bonchev–Trinajstić information content (AvgIpc) is 3.02. The quantitative estimate of drug-likeness (QED) is 0.775. The van der Waals surface area contributed by atoms with E-state index < -0.39 is 9.84 Å². The van der Waals surface area contributed by atoms with Gasteiger partial charge in [-0.15, -0.1) is 0 Å². The molecule has 0 saturated carbocycles. The summed E-state index contributed by atoms with van der Waals surface area (Å²) in [6.07, 6.45) is 3.89. The molecule has 2 aliphatic heterocycles. The number of hydrogen-bond acceptors (Lipinski definition) is 5. The number of carbonyl (C=O) groups excluding carboxylic acids is 2. The molecule has 1 aromatic heterocycles. The van der Waals surface area contributed by atoms with Gasteiger partial charge in [0.1, 0.15) is 5.69 Å². The minimum Gasteiger partial charge on any atom is -0.337 e. The number of carbonyl (C=O) groups is 2. The molecule has 2 aliphatic rings. The van der Waals surface area contributed by atoms with Gasteiger partial charge in [-0.25, -0.2) is 8.42 Å². The van der Waals surface area contributed by atoms with E-state index in [2.05, 4.69) is 11.9 Å². The Kier molecular flexibility index (Phi) is 5.83. The molecule has 148 valence electrons. The van der Waals surface area contributed by atoms with Gasteiger partial charge in [-0.1, -0.05) is 6.92 Å². The van der Waals surface area contributed by atoms with E-state index in [-0.39, 0.29) is 35.1 Å². The number of likely N-dealkylation sites (tertiary alicyclic amines) is 1. The van der Waals surface area contributed by atoms with Crippen molar-refractivity contribution in [2.45, 2.75) is 39.2 Å². The standard InChI is InChI=1S/C19H27N3O4S/c1-3-22(16-7-11-27(25,26)13-16)18(23)15-4-8-20-17(12-15)19(24)21-9-5-14(2)6-10-21/h4,8,12,14,16H,3,5-7,9-11,13H2,1-2H3. The molecule has 7 nitrogen and oxygen atoms in total. The van der Waals surface area contributed by atoms with Gasteiger partial charge in [-0.3, -0.25) is 14.6 Å². The van der Waals surface area contributed by atoms with Crippen LogP contribution in [0.4, 0.5) is 0 Å². The largest absolute Gasteiger partial charge is 0.337 e. The van der Waals surface area contributed by atoms with Gasteiger partial charge in [0.05, 0.1) is 11.5 Å². The fourth-order valence-corrected chi connectivity index (χ4v) is 5.54. The number of amides is 2. The summed E-state index contributed by atoms with van der Waals surface area (Å²) in [5.41, 5.74) is 0.648. The zero-order valence-corrected chi connectivity index (χ0v) is 16.7. The van der Waals surface area contributed by atoms with E-state index >= 15 is 0 Å². The lowest BCUT2D eigenvalue weighted by Crippen LogP contribution is -2.41. The lowest BCUT2D eigenvalue weighted by Gasteiger charge is -2.30. The van der Waals surface area contributed by atoms with Crippen molar-refractivity contribution in [1.29, 1.82) is 0 Å². The van der Waals surface area contributed by atoms with Crippen molar-refractivity contribution in [3.8, 4) is 0 Å². The van der Waals surface area contributed by atoms with Crippen LogP contribution in [0.3, 0.4) is 0 Å². The first-order valence-electron chi connectivity index (χ1n) is 9.57. The summed E-state index contributed by atoms with van der Waals surface area (Å²) in [6, 6.07) is 2.82. The summed E-state index contributed by atoms with van der Waals surface area (Å²) in [5, 5.41) is 0. The number of aromatic nitrogens is 1. The summed E-state index contributed by atoms with van der Waals surface area (Å²) in [6.45, 7) is 5.86. The smallest absolute Gasteiger partial charge is 0.272 e. The number of rotatable bonds is 4. The van der Waals surface area contributed by atoms with Crippen LogP contribution in [-0.2, 0) is 9.84 Å². The molecule has 0 aliphatic carbocycles. The van der Waals surface area contributed by atoms with E-state index in [1.807, 2.05) is 6.92 Å². The van der Waals surface area contributed by atoms with Gasteiger partial charge in [0.15, 0.2) is 9.84 Å². The topological polar surface area (TPSA) is 87.7 Å². The number of pyridine rings is 1. The minimum atomic E-state index is -3.07. The second kappa shape index (κ2) is 7.96. The first-order chi connectivity index (χ1) is 12.8. The normalized spacial score (nSPS) is 22.6. The highest BCUT2D eigenvalue weighted by Gasteiger charge is 2.34. The lowest BCUT2D eigenvalue weighted by molar-refractivity contribution is 0.0691. The molecule has 0 spiro atoms. The molecule has 8 heteroatoms. The number of hydrogen-bond donors (Lipinski definition) is 0. The van der Waals surface area contributed by atoms with Crippen molar-refractivity contribution in [2.24, 2.45) is 5.92 Å². The van der Waals surface area contributed by atoms with Crippen LogP contribution >= 0.6 is 0 Å². The van der Waals surface area contributed by atoms with Crippen LogP contribution in [0.2, 0.25) is 0 Å². The number of nitrogens with zero attached hydrogens (tertiary/aromatic N) is 3. The predicted molar refractivity (Wildman–Crippen MR) is 102 cm³/mol. The highest BCUT2D eigenvalue weighted by molar-refractivity contribution is 7.91. The molecule has 0 N–H and O–H groups in total. The zero-order chi connectivity index (χ0) is 19.6. The molecule has 0 bridgehead atoms. The van der Waals surface area contributed by atoms with Crippen molar-refractivity contribution >= 4 is 21.7 Å². The van der Waals surface area contributed by atoms with Crippen LogP contribution in [-0.4, -0.2) is 72.2 Å². The molecular weight excluding hydrogens is 366 g/mol. The Hall–Kier alpha value is -1.96. The molecular formula is C19H27N3O4S. The summed E-state index contributed by atoms with van der Waals surface area (Å²) >= 11 is 0.